The molecule has 206 valence electrons. The van der Waals surface area contributed by atoms with Gasteiger partial charge in [-0.3, -0.25) is 9.59 Å². The molecule has 10 nitrogen and oxygen atoms in total. The van der Waals surface area contributed by atoms with Gasteiger partial charge < -0.3 is 20.7 Å². The van der Waals surface area contributed by atoms with E-state index in [1.54, 1.807) is 18.2 Å². The summed E-state index contributed by atoms with van der Waals surface area (Å²) in [6, 6.07) is 7.60. The van der Waals surface area contributed by atoms with Crippen molar-refractivity contribution in [3.8, 4) is 5.75 Å². The summed E-state index contributed by atoms with van der Waals surface area (Å²) < 4.78 is 45.1. The van der Waals surface area contributed by atoms with Gasteiger partial charge in [-0.15, -0.1) is 0 Å². The van der Waals surface area contributed by atoms with Crippen LogP contribution in [0.5, 0.6) is 5.75 Å². The van der Waals surface area contributed by atoms with Crippen LogP contribution in [-0.2, 0) is 19.4 Å². The fraction of sp³-hybridized carbons (Fsp3) is 0.308. The number of carbonyl (C=O) groups excluding carboxylic acids is 2. The van der Waals surface area contributed by atoms with Crippen molar-refractivity contribution >= 4 is 65.6 Å². The predicted molar refractivity (Wildman–Crippen MR) is 150 cm³/mol. The minimum absolute atomic E-state index is 0.127. The van der Waals surface area contributed by atoms with Gasteiger partial charge in [0.05, 0.1) is 16.9 Å². The highest BCUT2D eigenvalue weighted by Gasteiger charge is 2.34. The molecule has 0 bridgehead atoms. The quantitative estimate of drug-likeness (QED) is 0.289. The lowest BCUT2D eigenvalue weighted by Crippen LogP contribution is -2.43. The zero-order chi connectivity index (χ0) is 28.2. The summed E-state index contributed by atoms with van der Waals surface area (Å²) in [5.41, 5.74) is 0.747. The first-order valence-corrected chi connectivity index (χ1v) is 14.9. The third-order valence-electron chi connectivity index (χ3n) is 6.15. The number of Topliss-reactive ketones (excluding diaryl/α,β-unsaturated/α-hetero) is 1. The van der Waals surface area contributed by atoms with Gasteiger partial charge in [0, 0.05) is 28.1 Å². The Morgan fingerprint density at radius 1 is 1.23 bits per heavy atom. The van der Waals surface area contributed by atoms with Crippen molar-refractivity contribution in [1.82, 2.24) is 15.3 Å². The Labute approximate surface area is 233 Å². The number of rotatable bonds is 10. The number of ketones is 1. The number of halogens is 2. The fourth-order valence-electron chi connectivity index (χ4n) is 4.33. The van der Waals surface area contributed by atoms with Crippen LogP contribution in [0.2, 0.25) is 0 Å². The number of piperidine rings is 1. The number of sulfone groups is 1. The van der Waals surface area contributed by atoms with E-state index >= 15 is 0 Å². The van der Waals surface area contributed by atoms with Gasteiger partial charge in [-0.2, -0.15) is 0 Å². The number of ether oxygens (including phenoxy) is 1. The molecule has 2 aromatic carbocycles. The molecule has 0 saturated carbocycles. The van der Waals surface area contributed by atoms with Crippen LogP contribution >= 0.6 is 15.9 Å². The molecular weight excluding hydrogens is 593 g/mol. The van der Waals surface area contributed by atoms with Crippen LogP contribution < -0.4 is 20.7 Å². The Kier molecular flexibility index (Phi) is 8.93. The van der Waals surface area contributed by atoms with Crippen molar-refractivity contribution in [2.45, 2.75) is 18.9 Å². The molecule has 1 aromatic heterocycles. The standard InChI is InChI=1S/C26H27BrFN5O5S/c1-3-24(35)32-21-11-17-20(30-14-31-26(17)33-19-5-4-16(27)10-18(19)28)12-23(21)38-25(15-6-8-29-9-7-15)22(34)13-39(2,36)37/h3-5,10-12,14-15,25,29H,1,6-9,13H2,2H3,(H,32,35)(H,30,31,33). The number of aromatic nitrogens is 2. The lowest BCUT2D eigenvalue weighted by Gasteiger charge is -2.30. The second-order valence-electron chi connectivity index (χ2n) is 9.19. The van der Waals surface area contributed by atoms with Crippen molar-refractivity contribution in [3.63, 3.8) is 0 Å². The van der Waals surface area contributed by atoms with E-state index in [-0.39, 0.29) is 28.9 Å². The van der Waals surface area contributed by atoms with Crippen LogP contribution in [0.3, 0.4) is 0 Å². The lowest BCUT2D eigenvalue weighted by atomic mass is 9.90. The molecule has 1 saturated heterocycles. The average Bonchev–Trinajstić information content (AvgIpc) is 2.88. The molecule has 1 amide bonds. The highest BCUT2D eigenvalue weighted by Crippen LogP contribution is 2.36. The monoisotopic (exact) mass is 619 g/mol. The van der Waals surface area contributed by atoms with Crippen LogP contribution in [0.1, 0.15) is 12.8 Å². The third kappa shape index (κ3) is 7.37. The van der Waals surface area contributed by atoms with E-state index in [0.29, 0.717) is 41.3 Å². The van der Waals surface area contributed by atoms with Crippen molar-refractivity contribution in [2.75, 3.05) is 35.7 Å². The molecule has 1 fully saturated rings. The molecule has 3 aromatic rings. The van der Waals surface area contributed by atoms with E-state index in [1.807, 2.05) is 0 Å². The SMILES string of the molecule is C=CC(=O)Nc1cc2c(Nc3ccc(Br)cc3F)ncnc2cc1OC(C(=O)CS(C)(=O)=O)C1CCNCC1. The summed E-state index contributed by atoms with van der Waals surface area (Å²) >= 11 is 3.23. The topological polar surface area (TPSA) is 139 Å². The van der Waals surface area contributed by atoms with E-state index in [0.717, 1.165) is 12.3 Å². The summed E-state index contributed by atoms with van der Waals surface area (Å²) in [7, 11) is -3.60. The number of nitrogens with zero attached hydrogens (tertiary/aromatic N) is 2. The molecule has 3 N–H and O–H groups in total. The Bertz CT molecular complexity index is 1530. The van der Waals surface area contributed by atoms with Gasteiger partial charge in [0.2, 0.25) is 5.91 Å². The van der Waals surface area contributed by atoms with E-state index < -0.39 is 39.2 Å². The largest absolute Gasteiger partial charge is 0.480 e. The molecule has 1 atom stereocenters. The summed E-state index contributed by atoms with van der Waals surface area (Å²) in [6.07, 6.45) is 3.51. The number of fused-ring (bicyclic) bond motifs is 1. The van der Waals surface area contributed by atoms with Gasteiger partial charge >= 0.3 is 0 Å². The molecule has 2 heterocycles. The Hall–Kier alpha value is -3.42. The minimum atomic E-state index is -3.60. The van der Waals surface area contributed by atoms with E-state index in [2.05, 4.69) is 48.4 Å². The first kappa shape index (κ1) is 28.6. The number of carbonyl (C=O) groups is 2. The van der Waals surface area contributed by atoms with Crippen molar-refractivity contribution < 1.29 is 27.1 Å². The smallest absolute Gasteiger partial charge is 0.247 e. The Morgan fingerprint density at radius 2 is 1.97 bits per heavy atom. The summed E-state index contributed by atoms with van der Waals surface area (Å²) in [5.74, 6) is -2.12. The number of benzene rings is 2. The maximum absolute atomic E-state index is 14.5. The zero-order valence-electron chi connectivity index (χ0n) is 21.0. The summed E-state index contributed by atoms with van der Waals surface area (Å²) in [5, 5.41) is 9.27. The van der Waals surface area contributed by atoms with Gasteiger partial charge in [-0.25, -0.2) is 22.8 Å². The molecule has 1 unspecified atom stereocenters. The molecule has 1 aliphatic heterocycles. The molecule has 0 radical (unpaired) electrons. The number of hydrogen-bond acceptors (Lipinski definition) is 9. The molecule has 1 aliphatic rings. The molecule has 4 rings (SSSR count). The Balaban J connectivity index is 1.77. The van der Waals surface area contributed by atoms with Gasteiger partial charge in [-0.05, 0) is 56.3 Å². The van der Waals surface area contributed by atoms with Gasteiger partial charge in [0.15, 0.2) is 21.7 Å². The summed E-state index contributed by atoms with van der Waals surface area (Å²) in [4.78, 5) is 33.9. The van der Waals surface area contributed by atoms with Gasteiger partial charge in [-0.1, -0.05) is 22.5 Å². The average molecular weight is 621 g/mol. The normalized spacial score (nSPS) is 14.9. The van der Waals surface area contributed by atoms with Crippen LogP contribution in [0, 0.1) is 11.7 Å². The second-order valence-corrected chi connectivity index (χ2v) is 12.2. The zero-order valence-corrected chi connectivity index (χ0v) is 23.4. The maximum atomic E-state index is 14.5. The number of nitrogens with one attached hydrogen (secondary N) is 3. The third-order valence-corrected chi connectivity index (χ3v) is 7.45. The highest BCUT2D eigenvalue weighted by atomic mass is 79.9. The highest BCUT2D eigenvalue weighted by molar-refractivity contribution is 9.10. The predicted octanol–water partition coefficient (Wildman–Crippen LogP) is 3.76. The molecular formula is C26H27BrFN5O5S. The van der Waals surface area contributed by atoms with Gasteiger partial charge in [0.1, 0.15) is 29.5 Å². The van der Waals surface area contributed by atoms with Crippen LogP contribution in [-0.4, -0.2) is 61.3 Å². The van der Waals surface area contributed by atoms with Crippen LogP contribution in [0.25, 0.3) is 10.9 Å². The van der Waals surface area contributed by atoms with Crippen molar-refractivity contribution in [1.29, 1.82) is 0 Å². The maximum Gasteiger partial charge on any atom is 0.247 e. The first-order chi connectivity index (χ1) is 18.5. The van der Waals surface area contributed by atoms with E-state index in [4.69, 9.17) is 4.74 Å². The molecule has 0 spiro atoms. The fourth-order valence-corrected chi connectivity index (χ4v) is 5.34. The van der Waals surface area contributed by atoms with Crippen LogP contribution in [0.4, 0.5) is 21.6 Å². The summed E-state index contributed by atoms with van der Waals surface area (Å²) in [6.45, 7) is 4.79. The number of amides is 1. The van der Waals surface area contributed by atoms with Crippen molar-refractivity contribution in [3.05, 3.63) is 59.6 Å². The van der Waals surface area contributed by atoms with Gasteiger partial charge in [0.25, 0.3) is 0 Å². The molecule has 39 heavy (non-hydrogen) atoms. The minimum Gasteiger partial charge on any atom is -0.480 e. The lowest BCUT2D eigenvalue weighted by molar-refractivity contribution is -0.126. The second kappa shape index (κ2) is 12.2. The number of hydrogen-bond donors (Lipinski definition) is 3. The van der Waals surface area contributed by atoms with Crippen molar-refractivity contribution in [2.24, 2.45) is 5.92 Å². The van der Waals surface area contributed by atoms with E-state index in [1.165, 1.54) is 18.5 Å². The van der Waals surface area contributed by atoms with E-state index in [9.17, 15) is 22.4 Å². The van der Waals surface area contributed by atoms with Crippen LogP contribution in [0.15, 0.2) is 53.8 Å². The Morgan fingerprint density at radius 3 is 2.64 bits per heavy atom. The number of anilines is 3. The first-order valence-electron chi connectivity index (χ1n) is 12.1. The molecule has 13 heteroatoms. The molecule has 0 aliphatic carbocycles.